The zero-order chi connectivity index (χ0) is 16.6. The van der Waals surface area contributed by atoms with E-state index in [-0.39, 0.29) is 4.87 Å². The second-order valence-electron chi connectivity index (χ2n) is 4.46. The standard InChI is InChI=1S/C14H7Cl4N3OS/c15-9-3-1-7(5-11(9)17)19-13-20-23-14(22)21(13)8-2-4-10(16)12(18)6-8/h1-6H,(H,19,20). The summed E-state index contributed by atoms with van der Waals surface area (Å²) in [5.74, 6) is 0.344. The lowest BCUT2D eigenvalue weighted by Crippen LogP contribution is -2.13. The topological polar surface area (TPSA) is 46.9 Å². The molecule has 9 heteroatoms. The third-order valence-electron chi connectivity index (χ3n) is 2.94. The van der Waals surface area contributed by atoms with Gasteiger partial charge in [0.2, 0.25) is 5.95 Å². The summed E-state index contributed by atoms with van der Waals surface area (Å²) in [5.41, 5.74) is 1.21. The van der Waals surface area contributed by atoms with Crippen LogP contribution in [0.5, 0.6) is 0 Å². The Hall–Kier alpha value is -1.24. The van der Waals surface area contributed by atoms with Gasteiger partial charge in [-0.2, -0.15) is 4.37 Å². The summed E-state index contributed by atoms with van der Waals surface area (Å²) >= 11 is 24.6. The number of nitrogens with zero attached hydrogens (tertiary/aromatic N) is 2. The number of anilines is 2. The van der Waals surface area contributed by atoms with Crippen molar-refractivity contribution in [3.8, 4) is 5.69 Å². The minimum atomic E-state index is -0.258. The predicted octanol–water partition coefficient (Wildman–Crippen LogP) is 5.65. The molecule has 0 atom stereocenters. The lowest BCUT2D eigenvalue weighted by Gasteiger charge is -2.10. The minimum Gasteiger partial charge on any atom is -0.324 e. The number of nitrogens with one attached hydrogen (secondary N) is 1. The fourth-order valence-corrected chi connectivity index (χ4v) is 3.04. The molecule has 1 N–H and O–H groups in total. The quantitative estimate of drug-likeness (QED) is 0.611. The molecule has 4 nitrogen and oxygen atoms in total. The van der Waals surface area contributed by atoms with Crippen LogP contribution in [0.15, 0.2) is 41.2 Å². The van der Waals surface area contributed by atoms with Gasteiger partial charge in [0.1, 0.15) is 0 Å². The maximum atomic E-state index is 12.1. The Bertz CT molecular complexity index is 938. The Balaban J connectivity index is 2.03. The van der Waals surface area contributed by atoms with E-state index in [1.807, 2.05) is 0 Å². The summed E-state index contributed by atoms with van der Waals surface area (Å²) in [6.45, 7) is 0. The molecule has 0 aliphatic carbocycles. The molecule has 0 bridgehead atoms. The third kappa shape index (κ3) is 3.49. The summed E-state index contributed by atoms with van der Waals surface area (Å²) in [6.07, 6.45) is 0. The number of aromatic nitrogens is 2. The van der Waals surface area contributed by atoms with E-state index in [4.69, 9.17) is 46.4 Å². The Labute approximate surface area is 155 Å². The smallest absolute Gasteiger partial charge is 0.324 e. The average molecular weight is 407 g/mol. The maximum absolute atomic E-state index is 12.1. The van der Waals surface area contributed by atoms with Gasteiger partial charge in [-0.1, -0.05) is 46.4 Å². The number of halogens is 4. The fraction of sp³-hybridized carbons (Fsp3) is 0. The van der Waals surface area contributed by atoms with Crippen molar-refractivity contribution in [2.24, 2.45) is 0 Å². The van der Waals surface area contributed by atoms with Crippen LogP contribution >= 0.6 is 57.9 Å². The predicted molar refractivity (Wildman–Crippen MR) is 97.5 cm³/mol. The van der Waals surface area contributed by atoms with E-state index in [1.165, 1.54) is 4.57 Å². The van der Waals surface area contributed by atoms with Crippen LogP contribution < -0.4 is 10.2 Å². The number of benzene rings is 2. The van der Waals surface area contributed by atoms with Gasteiger partial charge >= 0.3 is 4.87 Å². The summed E-state index contributed by atoms with van der Waals surface area (Å²) in [6, 6.07) is 9.93. The van der Waals surface area contributed by atoms with Crippen LogP contribution in [0.4, 0.5) is 11.6 Å². The van der Waals surface area contributed by atoms with Gasteiger partial charge in [-0.25, -0.2) is 4.57 Å². The van der Waals surface area contributed by atoms with Gasteiger partial charge in [-0.05, 0) is 36.4 Å². The number of hydrogen-bond donors (Lipinski definition) is 1. The molecule has 0 radical (unpaired) electrons. The lowest BCUT2D eigenvalue weighted by atomic mass is 10.3. The molecule has 1 heterocycles. The molecule has 3 aromatic rings. The first kappa shape index (κ1) is 16.6. The highest BCUT2D eigenvalue weighted by Crippen LogP contribution is 2.28. The Morgan fingerprint density at radius 2 is 1.57 bits per heavy atom. The average Bonchev–Trinajstić information content (AvgIpc) is 2.87. The van der Waals surface area contributed by atoms with Crippen molar-refractivity contribution in [2.45, 2.75) is 0 Å². The first-order chi connectivity index (χ1) is 11.0. The lowest BCUT2D eigenvalue weighted by molar-refractivity contribution is 1.03. The molecule has 1 aromatic heterocycles. The van der Waals surface area contributed by atoms with Crippen molar-refractivity contribution in [1.82, 2.24) is 8.94 Å². The Morgan fingerprint density at radius 1 is 0.913 bits per heavy atom. The molecule has 0 saturated carbocycles. The second kappa shape index (κ2) is 6.71. The van der Waals surface area contributed by atoms with Crippen LogP contribution in [0.3, 0.4) is 0 Å². The van der Waals surface area contributed by atoms with Crippen molar-refractivity contribution in [1.29, 1.82) is 0 Å². The Kier molecular flexibility index (Phi) is 4.85. The minimum absolute atomic E-state index is 0.258. The molecule has 0 saturated heterocycles. The summed E-state index contributed by atoms with van der Waals surface area (Å²) in [5, 5.41) is 4.64. The SMILES string of the molecule is O=c1snc(Nc2ccc(Cl)c(Cl)c2)n1-c1ccc(Cl)c(Cl)c1. The molecular weight excluding hydrogens is 400 g/mol. The van der Waals surface area contributed by atoms with Crippen LogP contribution in [0.2, 0.25) is 20.1 Å². The van der Waals surface area contributed by atoms with Crippen LogP contribution in [-0.4, -0.2) is 8.94 Å². The highest BCUT2D eigenvalue weighted by Gasteiger charge is 2.13. The summed E-state index contributed by atoms with van der Waals surface area (Å²) in [7, 11) is 0. The van der Waals surface area contributed by atoms with Gasteiger partial charge in [0.15, 0.2) is 0 Å². The van der Waals surface area contributed by atoms with Crippen molar-refractivity contribution in [2.75, 3.05) is 5.32 Å². The van der Waals surface area contributed by atoms with E-state index in [1.54, 1.807) is 36.4 Å². The summed E-state index contributed by atoms with van der Waals surface area (Å²) in [4.78, 5) is 11.8. The third-order valence-corrected chi connectivity index (χ3v) is 5.02. The van der Waals surface area contributed by atoms with Crippen molar-refractivity contribution in [3.05, 3.63) is 66.2 Å². The van der Waals surface area contributed by atoms with Gasteiger partial charge in [0.25, 0.3) is 0 Å². The van der Waals surface area contributed by atoms with Crippen molar-refractivity contribution >= 4 is 69.6 Å². The maximum Gasteiger partial charge on any atom is 0.332 e. The van der Waals surface area contributed by atoms with Crippen LogP contribution in [0.1, 0.15) is 0 Å². The molecule has 23 heavy (non-hydrogen) atoms. The zero-order valence-electron chi connectivity index (χ0n) is 11.2. The first-order valence-electron chi connectivity index (χ1n) is 6.22. The second-order valence-corrected chi connectivity index (χ2v) is 6.80. The largest absolute Gasteiger partial charge is 0.332 e. The molecule has 0 aliphatic heterocycles. The van der Waals surface area contributed by atoms with Gasteiger partial charge in [-0.15, -0.1) is 0 Å². The number of rotatable bonds is 3. The zero-order valence-corrected chi connectivity index (χ0v) is 15.0. The van der Waals surface area contributed by atoms with E-state index in [2.05, 4.69) is 9.69 Å². The van der Waals surface area contributed by atoms with E-state index in [9.17, 15) is 4.79 Å². The van der Waals surface area contributed by atoms with Crippen LogP contribution in [0, 0.1) is 0 Å². The molecule has 0 aliphatic rings. The van der Waals surface area contributed by atoms with E-state index in [0.29, 0.717) is 37.4 Å². The van der Waals surface area contributed by atoms with E-state index < -0.39 is 0 Å². The molecule has 3 rings (SSSR count). The normalized spacial score (nSPS) is 10.8. The molecule has 0 spiro atoms. The van der Waals surface area contributed by atoms with E-state index >= 15 is 0 Å². The molecule has 0 fully saturated rings. The van der Waals surface area contributed by atoms with Crippen LogP contribution in [0.25, 0.3) is 5.69 Å². The fourth-order valence-electron chi connectivity index (χ4n) is 1.88. The summed E-state index contributed by atoms with van der Waals surface area (Å²) < 4.78 is 5.52. The Morgan fingerprint density at radius 3 is 2.22 bits per heavy atom. The molecule has 118 valence electrons. The van der Waals surface area contributed by atoms with Crippen molar-refractivity contribution < 1.29 is 0 Å². The highest BCUT2D eigenvalue weighted by atomic mass is 35.5. The molecular formula is C14H7Cl4N3OS. The molecule has 0 unspecified atom stereocenters. The van der Waals surface area contributed by atoms with Gasteiger partial charge in [0.05, 0.1) is 25.8 Å². The molecule has 2 aromatic carbocycles. The van der Waals surface area contributed by atoms with Gasteiger partial charge < -0.3 is 5.32 Å². The first-order valence-corrected chi connectivity index (χ1v) is 8.50. The number of hydrogen-bond acceptors (Lipinski definition) is 4. The van der Waals surface area contributed by atoms with Gasteiger partial charge in [0, 0.05) is 17.2 Å². The monoisotopic (exact) mass is 405 g/mol. The van der Waals surface area contributed by atoms with Gasteiger partial charge in [-0.3, -0.25) is 4.79 Å². The van der Waals surface area contributed by atoms with Crippen molar-refractivity contribution in [3.63, 3.8) is 0 Å². The molecule has 0 amide bonds. The van der Waals surface area contributed by atoms with Crippen LogP contribution in [-0.2, 0) is 0 Å². The van der Waals surface area contributed by atoms with E-state index in [0.717, 1.165) is 11.5 Å². The highest BCUT2D eigenvalue weighted by molar-refractivity contribution is 7.03.